The lowest BCUT2D eigenvalue weighted by Gasteiger charge is -2.27. The van der Waals surface area contributed by atoms with Gasteiger partial charge in [-0.15, -0.1) is 0 Å². The maximum absolute atomic E-state index is 12.6. The number of piperidine rings is 1. The van der Waals surface area contributed by atoms with Gasteiger partial charge in [-0.3, -0.25) is 4.79 Å². The van der Waals surface area contributed by atoms with Gasteiger partial charge in [0.25, 0.3) is 0 Å². The van der Waals surface area contributed by atoms with Crippen molar-refractivity contribution in [2.75, 3.05) is 20.1 Å². The second kappa shape index (κ2) is 7.93. The van der Waals surface area contributed by atoms with Crippen molar-refractivity contribution in [3.63, 3.8) is 0 Å². The van der Waals surface area contributed by atoms with Crippen LogP contribution >= 0.6 is 0 Å². The zero-order valence-electron chi connectivity index (χ0n) is 14.0. The average Bonchev–Trinajstić information content (AvgIpc) is 2.63. The molecule has 3 nitrogen and oxygen atoms in total. The summed E-state index contributed by atoms with van der Waals surface area (Å²) in [6.07, 6.45) is 3.66. The Morgan fingerprint density at radius 3 is 2.21 bits per heavy atom. The van der Waals surface area contributed by atoms with E-state index in [9.17, 15) is 4.79 Å². The molecular weight excluding hydrogens is 298 g/mol. The lowest BCUT2D eigenvalue weighted by atomic mass is 9.97. The molecule has 0 saturated carbocycles. The van der Waals surface area contributed by atoms with Crippen LogP contribution in [-0.2, 0) is 9.53 Å². The summed E-state index contributed by atoms with van der Waals surface area (Å²) in [5.74, 6) is 0.490. The molecule has 1 saturated heterocycles. The molecule has 0 radical (unpaired) electrons. The van der Waals surface area contributed by atoms with Crippen molar-refractivity contribution in [3.8, 4) is 0 Å². The van der Waals surface area contributed by atoms with Crippen molar-refractivity contribution in [1.29, 1.82) is 0 Å². The maximum atomic E-state index is 12.6. The highest BCUT2D eigenvalue weighted by atomic mass is 16.5. The topological polar surface area (TPSA) is 29.5 Å². The fourth-order valence-electron chi connectivity index (χ4n) is 2.91. The molecule has 0 N–H and O–H groups in total. The number of benzene rings is 2. The second-order valence-electron chi connectivity index (χ2n) is 6.28. The Hall–Kier alpha value is -2.39. The summed E-state index contributed by atoms with van der Waals surface area (Å²) in [4.78, 5) is 14.8. The van der Waals surface area contributed by atoms with Gasteiger partial charge in [0.05, 0.1) is 5.92 Å². The van der Waals surface area contributed by atoms with E-state index in [0.29, 0.717) is 5.76 Å². The number of hydrogen-bond acceptors (Lipinski definition) is 3. The molecule has 3 rings (SSSR count). The van der Waals surface area contributed by atoms with Gasteiger partial charge in [0.15, 0.2) is 0 Å². The van der Waals surface area contributed by atoms with E-state index in [0.717, 1.165) is 37.1 Å². The van der Waals surface area contributed by atoms with Crippen molar-refractivity contribution in [2.24, 2.45) is 5.92 Å². The van der Waals surface area contributed by atoms with Gasteiger partial charge in [-0.2, -0.15) is 0 Å². The highest BCUT2D eigenvalue weighted by Crippen LogP contribution is 2.24. The normalized spacial score (nSPS) is 16.8. The molecule has 0 amide bonds. The third-order valence-corrected chi connectivity index (χ3v) is 4.42. The number of esters is 1. The lowest BCUT2D eigenvalue weighted by molar-refractivity contribution is -0.142. The summed E-state index contributed by atoms with van der Waals surface area (Å²) in [6, 6.07) is 19.8. The average molecular weight is 321 g/mol. The third-order valence-electron chi connectivity index (χ3n) is 4.42. The molecule has 3 heteroatoms. The van der Waals surface area contributed by atoms with Gasteiger partial charge in [0, 0.05) is 5.56 Å². The van der Waals surface area contributed by atoms with E-state index < -0.39 is 0 Å². The Morgan fingerprint density at radius 2 is 1.58 bits per heavy atom. The predicted octanol–water partition coefficient (Wildman–Crippen LogP) is 4.07. The van der Waals surface area contributed by atoms with Crippen LogP contribution in [0.25, 0.3) is 11.8 Å². The first kappa shape index (κ1) is 16.5. The van der Waals surface area contributed by atoms with Gasteiger partial charge in [-0.25, -0.2) is 0 Å². The summed E-state index contributed by atoms with van der Waals surface area (Å²) in [5.41, 5.74) is 1.94. The van der Waals surface area contributed by atoms with Crippen LogP contribution in [-0.4, -0.2) is 31.0 Å². The van der Waals surface area contributed by atoms with Crippen LogP contribution < -0.4 is 0 Å². The van der Waals surface area contributed by atoms with Gasteiger partial charge < -0.3 is 9.64 Å². The minimum Gasteiger partial charge on any atom is -0.426 e. The van der Waals surface area contributed by atoms with E-state index in [1.807, 2.05) is 66.7 Å². The highest BCUT2D eigenvalue weighted by molar-refractivity contribution is 5.86. The van der Waals surface area contributed by atoms with Crippen molar-refractivity contribution in [3.05, 3.63) is 71.8 Å². The van der Waals surface area contributed by atoms with Crippen molar-refractivity contribution in [2.45, 2.75) is 12.8 Å². The van der Waals surface area contributed by atoms with Crippen LogP contribution in [0.5, 0.6) is 0 Å². The van der Waals surface area contributed by atoms with E-state index in [4.69, 9.17) is 4.74 Å². The lowest BCUT2D eigenvalue weighted by Crippen LogP contribution is -2.34. The molecule has 0 aliphatic carbocycles. The number of likely N-dealkylation sites (tertiary alicyclic amines) is 1. The molecule has 1 aliphatic heterocycles. The summed E-state index contributed by atoms with van der Waals surface area (Å²) in [7, 11) is 2.09. The van der Waals surface area contributed by atoms with Crippen LogP contribution in [0, 0.1) is 5.92 Å². The fraction of sp³-hybridized carbons (Fsp3) is 0.286. The van der Waals surface area contributed by atoms with Crippen LogP contribution in [0.3, 0.4) is 0 Å². The molecule has 0 unspecified atom stereocenters. The Balaban J connectivity index is 1.80. The van der Waals surface area contributed by atoms with Crippen molar-refractivity contribution >= 4 is 17.8 Å². The fourth-order valence-corrected chi connectivity index (χ4v) is 2.91. The maximum Gasteiger partial charge on any atom is 0.314 e. The summed E-state index contributed by atoms with van der Waals surface area (Å²) in [6.45, 7) is 1.89. The number of ether oxygens (including phenoxy) is 1. The number of carbonyl (C=O) groups excluding carboxylic acids is 1. The van der Waals surface area contributed by atoms with E-state index in [-0.39, 0.29) is 11.9 Å². The minimum absolute atomic E-state index is 0.0101. The molecule has 124 valence electrons. The van der Waals surface area contributed by atoms with Gasteiger partial charge in [-0.1, -0.05) is 60.7 Å². The number of nitrogens with zero attached hydrogens (tertiary/aromatic N) is 1. The molecule has 1 heterocycles. The van der Waals surface area contributed by atoms with E-state index >= 15 is 0 Å². The molecule has 2 aromatic carbocycles. The van der Waals surface area contributed by atoms with Gasteiger partial charge in [-0.05, 0) is 44.6 Å². The second-order valence-corrected chi connectivity index (χ2v) is 6.28. The Bertz CT molecular complexity index is 686. The zero-order chi connectivity index (χ0) is 16.8. The van der Waals surface area contributed by atoms with Crippen molar-refractivity contribution in [1.82, 2.24) is 4.90 Å². The highest BCUT2D eigenvalue weighted by Gasteiger charge is 2.25. The Kier molecular flexibility index (Phi) is 5.44. The number of carbonyl (C=O) groups is 1. The van der Waals surface area contributed by atoms with Gasteiger partial charge in [0.2, 0.25) is 0 Å². The van der Waals surface area contributed by atoms with E-state index in [2.05, 4.69) is 11.9 Å². The van der Waals surface area contributed by atoms with Crippen LogP contribution in [0.15, 0.2) is 60.7 Å². The Labute approximate surface area is 143 Å². The first-order valence-electron chi connectivity index (χ1n) is 8.45. The predicted molar refractivity (Wildman–Crippen MR) is 97.1 cm³/mol. The summed E-state index contributed by atoms with van der Waals surface area (Å²) >= 11 is 0. The molecule has 0 bridgehead atoms. The molecule has 2 aromatic rings. The molecule has 1 aliphatic rings. The van der Waals surface area contributed by atoms with E-state index in [1.54, 1.807) is 0 Å². The molecule has 0 aromatic heterocycles. The van der Waals surface area contributed by atoms with Crippen LogP contribution in [0.2, 0.25) is 0 Å². The molecule has 0 atom stereocenters. The standard InChI is InChI=1S/C21H23NO2/c1-22-14-12-19(13-15-22)21(23)24-20(18-10-6-3-7-11-18)16-17-8-4-2-5-9-17/h2-11,16,19H,12-15H2,1H3. The third kappa shape index (κ3) is 4.33. The summed E-state index contributed by atoms with van der Waals surface area (Å²) < 4.78 is 5.82. The molecule has 24 heavy (non-hydrogen) atoms. The van der Waals surface area contributed by atoms with Crippen LogP contribution in [0.1, 0.15) is 24.0 Å². The largest absolute Gasteiger partial charge is 0.426 e. The quantitative estimate of drug-likeness (QED) is 0.483. The molecule has 1 fully saturated rings. The summed E-state index contributed by atoms with van der Waals surface area (Å²) in [5, 5.41) is 0. The van der Waals surface area contributed by atoms with Gasteiger partial charge >= 0.3 is 5.97 Å². The first-order valence-corrected chi connectivity index (χ1v) is 8.45. The smallest absolute Gasteiger partial charge is 0.314 e. The minimum atomic E-state index is -0.117. The van der Waals surface area contributed by atoms with E-state index in [1.165, 1.54) is 0 Å². The molecule has 0 spiro atoms. The molecular formula is C21H23NO2. The Morgan fingerprint density at radius 1 is 1.00 bits per heavy atom. The monoisotopic (exact) mass is 321 g/mol. The van der Waals surface area contributed by atoms with Crippen molar-refractivity contribution < 1.29 is 9.53 Å². The number of hydrogen-bond donors (Lipinski definition) is 0. The SMILES string of the molecule is CN1CCC(C(=O)OC(=Cc2ccccc2)c2ccccc2)CC1. The number of rotatable bonds is 4. The zero-order valence-corrected chi connectivity index (χ0v) is 14.0. The van der Waals surface area contributed by atoms with Crippen LogP contribution in [0.4, 0.5) is 0 Å². The first-order chi connectivity index (χ1) is 11.7. The van der Waals surface area contributed by atoms with Gasteiger partial charge in [0.1, 0.15) is 5.76 Å².